The first-order valence-electron chi connectivity index (χ1n) is 4.68. The number of H-pyrrole nitrogens is 1. The molecule has 5 heteroatoms. The highest BCUT2D eigenvalue weighted by Gasteiger charge is 2.18. The van der Waals surface area contributed by atoms with Crippen LogP contribution < -0.4 is 0 Å². The Morgan fingerprint density at radius 3 is 2.81 bits per heavy atom. The molecule has 2 aromatic rings. The van der Waals surface area contributed by atoms with Crippen molar-refractivity contribution in [1.82, 2.24) is 4.98 Å². The molecule has 1 aromatic carbocycles. The summed E-state index contributed by atoms with van der Waals surface area (Å²) in [6, 6.07) is 3.09. The van der Waals surface area contributed by atoms with Gasteiger partial charge in [-0.1, -0.05) is 11.6 Å². The average molecular weight is 240 g/mol. The number of halogens is 1. The third kappa shape index (κ3) is 1.66. The van der Waals surface area contributed by atoms with E-state index in [9.17, 15) is 9.90 Å². The second-order valence-corrected chi connectivity index (χ2v) is 4.04. The van der Waals surface area contributed by atoms with Crippen LogP contribution in [0.25, 0.3) is 10.9 Å². The predicted octanol–water partition coefficient (Wildman–Crippen LogP) is 2.25. The largest absolute Gasteiger partial charge is 0.479 e. The van der Waals surface area contributed by atoms with Crippen molar-refractivity contribution in [3.05, 3.63) is 34.5 Å². The minimum absolute atomic E-state index is 0.285. The molecule has 0 aliphatic rings. The molecule has 0 radical (unpaired) electrons. The van der Waals surface area contributed by atoms with E-state index >= 15 is 0 Å². The normalized spacial score (nSPS) is 12.9. The standard InChI is InChI=1S/C11H10ClNO3/c1-5-4-13-9-7(5)2-6(3-8(9)12)10(14)11(15)16/h2-4,10,13-14H,1H3,(H,15,16). The quantitative estimate of drug-likeness (QED) is 0.753. The Bertz CT molecular complexity index is 562. The van der Waals surface area contributed by atoms with Gasteiger partial charge in [0.1, 0.15) is 0 Å². The van der Waals surface area contributed by atoms with Crippen molar-refractivity contribution >= 4 is 28.5 Å². The van der Waals surface area contributed by atoms with Gasteiger partial charge in [0.2, 0.25) is 0 Å². The average Bonchev–Trinajstić information content (AvgIpc) is 2.60. The number of aliphatic hydroxyl groups excluding tert-OH is 1. The van der Waals surface area contributed by atoms with Crippen molar-refractivity contribution < 1.29 is 15.0 Å². The summed E-state index contributed by atoms with van der Waals surface area (Å²) >= 11 is 5.99. The lowest BCUT2D eigenvalue weighted by Gasteiger charge is -2.07. The number of carboxylic acid groups (broad SMARTS) is 1. The molecule has 16 heavy (non-hydrogen) atoms. The molecular weight excluding hydrogens is 230 g/mol. The van der Waals surface area contributed by atoms with Crippen LogP contribution in [0.5, 0.6) is 0 Å². The molecule has 0 saturated heterocycles. The Morgan fingerprint density at radius 1 is 1.50 bits per heavy atom. The van der Waals surface area contributed by atoms with Crippen LogP contribution in [0.3, 0.4) is 0 Å². The summed E-state index contributed by atoms with van der Waals surface area (Å²) in [5.41, 5.74) is 1.99. The van der Waals surface area contributed by atoms with E-state index in [4.69, 9.17) is 16.7 Å². The molecule has 0 saturated carbocycles. The molecule has 84 valence electrons. The van der Waals surface area contributed by atoms with E-state index in [1.165, 1.54) is 6.07 Å². The molecule has 0 spiro atoms. The molecular formula is C11H10ClNO3. The second kappa shape index (κ2) is 3.81. The molecule has 2 rings (SSSR count). The number of nitrogens with one attached hydrogen (secondary N) is 1. The molecule has 0 amide bonds. The monoisotopic (exact) mass is 239 g/mol. The summed E-state index contributed by atoms with van der Waals surface area (Å²) in [5, 5.41) is 19.4. The summed E-state index contributed by atoms with van der Waals surface area (Å²) in [6.07, 6.45) is 0.240. The molecule has 0 aliphatic heterocycles. The fourth-order valence-corrected chi connectivity index (χ4v) is 1.93. The molecule has 1 unspecified atom stereocenters. The number of hydrogen-bond donors (Lipinski definition) is 3. The zero-order valence-electron chi connectivity index (χ0n) is 8.49. The number of fused-ring (bicyclic) bond motifs is 1. The van der Waals surface area contributed by atoms with Crippen molar-refractivity contribution in [2.45, 2.75) is 13.0 Å². The lowest BCUT2D eigenvalue weighted by molar-refractivity contribution is -0.146. The summed E-state index contributed by atoms with van der Waals surface area (Å²) in [5.74, 6) is -1.29. The Hall–Kier alpha value is -1.52. The summed E-state index contributed by atoms with van der Waals surface area (Å²) in [7, 11) is 0. The van der Waals surface area contributed by atoms with E-state index in [0.29, 0.717) is 5.02 Å². The van der Waals surface area contributed by atoms with E-state index in [2.05, 4.69) is 4.98 Å². The van der Waals surface area contributed by atoms with Crippen molar-refractivity contribution in [1.29, 1.82) is 0 Å². The highest BCUT2D eigenvalue weighted by Crippen LogP contribution is 2.29. The summed E-state index contributed by atoms with van der Waals surface area (Å²) in [4.78, 5) is 13.7. The summed E-state index contributed by atoms with van der Waals surface area (Å²) < 4.78 is 0. The number of aromatic amines is 1. The van der Waals surface area contributed by atoms with Gasteiger partial charge in [0, 0.05) is 11.6 Å². The van der Waals surface area contributed by atoms with Crippen molar-refractivity contribution in [2.24, 2.45) is 0 Å². The molecule has 1 aromatic heterocycles. The molecule has 1 heterocycles. The number of aliphatic carboxylic acids is 1. The first-order valence-corrected chi connectivity index (χ1v) is 5.06. The zero-order chi connectivity index (χ0) is 11.9. The number of carboxylic acids is 1. The van der Waals surface area contributed by atoms with E-state index in [1.807, 2.05) is 6.92 Å². The van der Waals surface area contributed by atoms with Crippen LogP contribution in [0.1, 0.15) is 17.2 Å². The van der Waals surface area contributed by atoms with Crippen LogP contribution in [0.2, 0.25) is 5.02 Å². The third-order valence-electron chi connectivity index (χ3n) is 2.52. The van der Waals surface area contributed by atoms with Crippen LogP contribution in [0.4, 0.5) is 0 Å². The zero-order valence-corrected chi connectivity index (χ0v) is 9.25. The van der Waals surface area contributed by atoms with Gasteiger partial charge in [0.05, 0.1) is 10.5 Å². The Kier molecular flexibility index (Phi) is 2.61. The van der Waals surface area contributed by atoms with Gasteiger partial charge in [-0.3, -0.25) is 0 Å². The number of aryl methyl sites for hydroxylation is 1. The topological polar surface area (TPSA) is 73.3 Å². The first kappa shape index (κ1) is 11.0. The van der Waals surface area contributed by atoms with Gasteiger partial charge in [0.25, 0.3) is 0 Å². The molecule has 4 nitrogen and oxygen atoms in total. The molecule has 0 fully saturated rings. The molecule has 3 N–H and O–H groups in total. The minimum Gasteiger partial charge on any atom is -0.479 e. The molecule has 1 atom stereocenters. The maximum atomic E-state index is 10.7. The van der Waals surface area contributed by atoms with E-state index in [1.54, 1.807) is 12.3 Å². The van der Waals surface area contributed by atoms with E-state index in [-0.39, 0.29) is 5.56 Å². The fraction of sp³-hybridized carbons (Fsp3) is 0.182. The second-order valence-electron chi connectivity index (χ2n) is 3.64. The van der Waals surface area contributed by atoms with E-state index < -0.39 is 12.1 Å². The van der Waals surface area contributed by atoms with Gasteiger partial charge >= 0.3 is 5.97 Å². The third-order valence-corrected chi connectivity index (χ3v) is 2.82. The van der Waals surface area contributed by atoms with Crippen LogP contribution >= 0.6 is 11.6 Å². The van der Waals surface area contributed by atoms with Crippen LogP contribution in [0, 0.1) is 6.92 Å². The maximum absolute atomic E-state index is 10.7. The van der Waals surface area contributed by atoms with Gasteiger partial charge in [-0.15, -0.1) is 0 Å². The molecule has 0 aliphatic carbocycles. The van der Waals surface area contributed by atoms with Gasteiger partial charge in [0.15, 0.2) is 6.10 Å². The smallest absolute Gasteiger partial charge is 0.337 e. The number of carbonyl (C=O) groups is 1. The van der Waals surface area contributed by atoms with Crippen molar-refractivity contribution in [2.75, 3.05) is 0 Å². The van der Waals surface area contributed by atoms with Gasteiger partial charge in [-0.05, 0) is 30.2 Å². The maximum Gasteiger partial charge on any atom is 0.337 e. The van der Waals surface area contributed by atoms with Gasteiger partial charge in [-0.25, -0.2) is 4.79 Å². The van der Waals surface area contributed by atoms with Crippen LogP contribution in [-0.4, -0.2) is 21.2 Å². The summed E-state index contributed by atoms with van der Waals surface area (Å²) in [6.45, 7) is 1.88. The lowest BCUT2D eigenvalue weighted by Crippen LogP contribution is -2.10. The Morgan fingerprint density at radius 2 is 2.19 bits per heavy atom. The lowest BCUT2D eigenvalue weighted by atomic mass is 10.1. The van der Waals surface area contributed by atoms with Gasteiger partial charge in [-0.2, -0.15) is 0 Å². The minimum atomic E-state index is -1.55. The predicted molar refractivity (Wildman–Crippen MR) is 60.6 cm³/mol. The Balaban J connectivity index is 2.65. The highest BCUT2D eigenvalue weighted by atomic mass is 35.5. The number of benzene rings is 1. The van der Waals surface area contributed by atoms with Crippen LogP contribution in [-0.2, 0) is 4.79 Å². The van der Waals surface area contributed by atoms with E-state index in [0.717, 1.165) is 16.5 Å². The van der Waals surface area contributed by atoms with Crippen molar-refractivity contribution in [3.63, 3.8) is 0 Å². The first-order chi connectivity index (χ1) is 7.50. The number of rotatable bonds is 2. The number of hydrogen-bond acceptors (Lipinski definition) is 2. The SMILES string of the molecule is Cc1c[nH]c2c(Cl)cc(C(O)C(=O)O)cc12. The fourth-order valence-electron chi connectivity index (χ4n) is 1.64. The Labute approximate surface area is 96.5 Å². The van der Waals surface area contributed by atoms with Crippen LogP contribution in [0.15, 0.2) is 18.3 Å². The van der Waals surface area contributed by atoms with Crippen molar-refractivity contribution in [3.8, 4) is 0 Å². The number of aliphatic hydroxyl groups is 1. The number of aromatic nitrogens is 1. The van der Waals surface area contributed by atoms with Gasteiger partial charge < -0.3 is 15.2 Å². The highest BCUT2D eigenvalue weighted by molar-refractivity contribution is 6.35. The molecule has 0 bridgehead atoms.